The molecular weight excluding hydrogens is 322 g/mol. The summed E-state index contributed by atoms with van der Waals surface area (Å²) in [5, 5.41) is 5.47. The van der Waals surface area contributed by atoms with E-state index in [-0.39, 0.29) is 17.5 Å². The van der Waals surface area contributed by atoms with Crippen molar-refractivity contribution >= 4 is 5.91 Å². The van der Waals surface area contributed by atoms with Crippen LogP contribution in [-0.4, -0.2) is 54.4 Å². The topological polar surface area (TPSA) is 87.6 Å². The largest absolute Gasteiger partial charge is 0.384 e. The van der Waals surface area contributed by atoms with Gasteiger partial charge in [-0.05, 0) is 25.2 Å². The number of ether oxygens (including phenoxy) is 1. The van der Waals surface area contributed by atoms with Crippen molar-refractivity contribution in [2.75, 3.05) is 26.3 Å². The second-order valence-corrected chi connectivity index (χ2v) is 7.20. The molecule has 2 aliphatic heterocycles. The molecule has 2 aliphatic rings. The van der Waals surface area contributed by atoms with E-state index in [2.05, 4.69) is 22.3 Å². The first kappa shape index (κ1) is 18.2. The third-order valence-electron chi connectivity index (χ3n) is 5.36. The normalized spacial score (nSPS) is 25.3. The highest BCUT2D eigenvalue weighted by molar-refractivity contribution is 5.76. The number of likely N-dealkylation sites (tertiary alicyclic amines) is 1. The first-order chi connectivity index (χ1) is 12.2. The van der Waals surface area contributed by atoms with Gasteiger partial charge in [-0.2, -0.15) is 5.16 Å². The molecule has 0 bridgehead atoms. The fourth-order valence-corrected chi connectivity index (χ4v) is 4.04. The number of carbonyl (C=O) groups excluding carboxylic acids is 1. The summed E-state index contributed by atoms with van der Waals surface area (Å²) >= 11 is 0. The van der Waals surface area contributed by atoms with E-state index in [0.29, 0.717) is 30.6 Å². The lowest BCUT2D eigenvalue weighted by Gasteiger charge is -2.31. The molecule has 25 heavy (non-hydrogen) atoms. The summed E-state index contributed by atoms with van der Waals surface area (Å²) in [6, 6.07) is 2.20. The van der Waals surface area contributed by atoms with Crippen molar-refractivity contribution in [3.63, 3.8) is 0 Å². The van der Waals surface area contributed by atoms with Crippen molar-refractivity contribution in [3.05, 3.63) is 22.2 Å². The fourth-order valence-electron chi connectivity index (χ4n) is 4.04. The van der Waals surface area contributed by atoms with Crippen molar-refractivity contribution < 1.29 is 14.1 Å². The quantitative estimate of drug-likeness (QED) is 0.773. The van der Waals surface area contributed by atoms with Gasteiger partial charge in [0.2, 0.25) is 5.91 Å². The van der Waals surface area contributed by atoms with E-state index < -0.39 is 0 Å². The molecule has 140 valence electrons. The number of hydrogen-bond acceptors (Lipinski definition) is 5. The molecule has 2 N–H and O–H groups in total. The first-order valence-electron chi connectivity index (χ1n) is 9.44. The lowest BCUT2D eigenvalue weighted by atomic mass is 9.98. The lowest BCUT2D eigenvalue weighted by Crippen LogP contribution is -2.42. The molecule has 7 nitrogen and oxygen atoms in total. The SMILES string of the molecule is CCC[C@H]1CN(C2CCOCC2)C[C@@H]1NC(=O)CCc1cc(=O)[nH]o1. The average molecular weight is 351 g/mol. The summed E-state index contributed by atoms with van der Waals surface area (Å²) in [6.07, 6.45) is 5.23. The molecule has 3 rings (SSSR count). The maximum absolute atomic E-state index is 12.3. The van der Waals surface area contributed by atoms with Crippen LogP contribution in [0.4, 0.5) is 0 Å². The smallest absolute Gasteiger partial charge is 0.280 e. The van der Waals surface area contributed by atoms with Crippen LogP contribution in [0.3, 0.4) is 0 Å². The molecule has 2 fully saturated rings. The number of hydrogen-bond donors (Lipinski definition) is 2. The minimum atomic E-state index is -0.263. The number of aromatic nitrogens is 1. The minimum absolute atomic E-state index is 0.0313. The van der Waals surface area contributed by atoms with Gasteiger partial charge in [0.15, 0.2) is 0 Å². The number of nitrogens with zero attached hydrogens (tertiary/aromatic N) is 1. The second-order valence-electron chi connectivity index (χ2n) is 7.20. The zero-order chi connectivity index (χ0) is 17.6. The second kappa shape index (κ2) is 8.67. The van der Waals surface area contributed by atoms with E-state index in [1.165, 1.54) is 6.07 Å². The highest BCUT2D eigenvalue weighted by atomic mass is 16.5. The Hall–Kier alpha value is -1.60. The van der Waals surface area contributed by atoms with Crippen LogP contribution in [-0.2, 0) is 16.0 Å². The molecule has 0 saturated carbocycles. The molecule has 0 unspecified atom stereocenters. The molecule has 1 aromatic rings. The van der Waals surface area contributed by atoms with Crippen molar-refractivity contribution in [1.29, 1.82) is 0 Å². The van der Waals surface area contributed by atoms with E-state index in [0.717, 1.165) is 52.0 Å². The van der Waals surface area contributed by atoms with Crippen LogP contribution in [0.1, 0.15) is 44.8 Å². The molecule has 0 radical (unpaired) electrons. The predicted molar refractivity (Wildman–Crippen MR) is 93.4 cm³/mol. The molecular formula is C18H29N3O4. The van der Waals surface area contributed by atoms with Gasteiger partial charge in [-0.3, -0.25) is 14.5 Å². The Bertz CT molecular complexity index is 605. The maximum atomic E-state index is 12.3. The van der Waals surface area contributed by atoms with Gasteiger partial charge in [0.05, 0.1) is 0 Å². The van der Waals surface area contributed by atoms with Gasteiger partial charge in [-0.15, -0.1) is 0 Å². The van der Waals surface area contributed by atoms with E-state index in [4.69, 9.17) is 9.26 Å². The summed E-state index contributed by atoms with van der Waals surface area (Å²) < 4.78 is 10.5. The van der Waals surface area contributed by atoms with Crippen LogP contribution in [0.2, 0.25) is 0 Å². The highest BCUT2D eigenvalue weighted by Gasteiger charge is 2.36. The monoisotopic (exact) mass is 351 g/mol. The molecule has 1 amide bonds. The standard InChI is InChI=1S/C18H29N3O4/c1-2-3-13-11-21(14-6-8-24-9-7-14)12-16(13)19-17(22)5-4-15-10-18(23)20-25-15/h10,13-14,16H,2-9,11-12H2,1H3,(H,19,22)(H,20,23)/t13-,16-/m0/s1. The van der Waals surface area contributed by atoms with Gasteiger partial charge in [-0.25, -0.2) is 0 Å². The van der Waals surface area contributed by atoms with Gasteiger partial charge >= 0.3 is 0 Å². The maximum Gasteiger partial charge on any atom is 0.280 e. The molecule has 0 aliphatic carbocycles. The van der Waals surface area contributed by atoms with Gasteiger partial charge in [0.1, 0.15) is 5.76 Å². The van der Waals surface area contributed by atoms with Crippen LogP contribution >= 0.6 is 0 Å². The van der Waals surface area contributed by atoms with Gasteiger partial charge in [0, 0.05) is 57.3 Å². The zero-order valence-electron chi connectivity index (χ0n) is 15.0. The summed E-state index contributed by atoms with van der Waals surface area (Å²) in [6.45, 7) is 5.89. The van der Waals surface area contributed by atoms with Crippen LogP contribution in [0.25, 0.3) is 0 Å². The number of amides is 1. The predicted octanol–water partition coefficient (Wildman–Crippen LogP) is 1.30. The highest BCUT2D eigenvalue weighted by Crippen LogP contribution is 2.27. The lowest BCUT2D eigenvalue weighted by molar-refractivity contribution is -0.122. The Morgan fingerprint density at radius 2 is 2.16 bits per heavy atom. The van der Waals surface area contributed by atoms with Crippen LogP contribution in [0.5, 0.6) is 0 Å². The van der Waals surface area contributed by atoms with Crippen molar-refractivity contribution in [1.82, 2.24) is 15.4 Å². The third kappa shape index (κ3) is 4.95. The fraction of sp³-hybridized carbons (Fsp3) is 0.778. The number of aryl methyl sites for hydroxylation is 1. The van der Waals surface area contributed by atoms with Gasteiger partial charge < -0.3 is 14.6 Å². The van der Waals surface area contributed by atoms with Gasteiger partial charge in [-0.1, -0.05) is 13.3 Å². The third-order valence-corrected chi connectivity index (χ3v) is 5.36. The van der Waals surface area contributed by atoms with Crippen molar-refractivity contribution in [2.45, 2.75) is 57.5 Å². The Labute approximate surface area is 148 Å². The summed E-state index contributed by atoms with van der Waals surface area (Å²) in [5.41, 5.74) is -0.263. The van der Waals surface area contributed by atoms with E-state index >= 15 is 0 Å². The Morgan fingerprint density at radius 3 is 2.84 bits per heavy atom. The Kier molecular flexibility index (Phi) is 6.31. The Morgan fingerprint density at radius 1 is 1.36 bits per heavy atom. The van der Waals surface area contributed by atoms with E-state index in [1.807, 2.05) is 0 Å². The minimum Gasteiger partial charge on any atom is -0.384 e. The molecule has 0 spiro atoms. The molecule has 3 heterocycles. The Balaban J connectivity index is 1.51. The number of aromatic amines is 1. The van der Waals surface area contributed by atoms with Crippen LogP contribution < -0.4 is 10.9 Å². The summed E-state index contributed by atoms with van der Waals surface area (Å²) in [5.74, 6) is 1.08. The first-order valence-corrected chi connectivity index (χ1v) is 9.44. The average Bonchev–Trinajstić information content (AvgIpc) is 3.21. The number of H-pyrrole nitrogens is 1. The molecule has 2 saturated heterocycles. The van der Waals surface area contributed by atoms with Crippen molar-refractivity contribution in [3.8, 4) is 0 Å². The van der Waals surface area contributed by atoms with Crippen molar-refractivity contribution in [2.24, 2.45) is 5.92 Å². The number of rotatable bonds is 7. The number of nitrogens with one attached hydrogen (secondary N) is 2. The molecule has 7 heteroatoms. The zero-order valence-corrected chi connectivity index (χ0v) is 15.0. The van der Waals surface area contributed by atoms with Crippen LogP contribution in [0, 0.1) is 5.92 Å². The van der Waals surface area contributed by atoms with Gasteiger partial charge in [0.25, 0.3) is 5.56 Å². The molecule has 1 aromatic heterocycles. The molecule has 0 aromatic carbocycles. The number of carbonyl (C=O) groups is 1. The summed E-state index contributed by atoms with van der Waals surface area (Å²) in [4.78, 5) is 25.9. The van der Waals surface area contributed by atoms with E-state index in [9.17, 15) is 9.59 Å². The summed E-state index contributed by atoms with van der Waals surface area (Å²) in [7, 11) is 0. The molecule has 2 atom stereocenters. The van der Waals surface area contributed by atoms with E-state index in [1.54, 1.807) is 0 Å². The van der Waals surface area contributed by atoms with Crippen LogP contribution in [0.15, 0.2) is 15.4 Å².